The predicted molar refractivity (Wildman–Crippen MR) is 124 cm³/mol. The molecule has 0 radical (unpaired) electrons. The van der Waals surface area contributed by atoms with Crippen LogP contribution in [0.1, 0.15) is 29.4 Å². The number of nitrogens with one attached hydrogen (secondary N) is 1. The lowest BCUT2D eigenvalue weighted by molar-refractivity contribution is -0.117. The number of nitrogens with zero attached hydrogens (tertiary/aromatic N) is 2. The molecule has 0 fully saturated rings. The van der Waals surface area contributed by atoms with Gasteiger partial charge in [-0.05, 0) is 80.4 Å². The summed E-state index contributed by atoms with van der Waals surface area (Å²) in [7, 11) is 0. The number of ether oxygens (including phenoxy) is 3. The van der Waals surface area contributed by atoms with E-state index in [-0.39, 0.29) is 18.9 Å². The van der Waals surface area contributed by atoms with Gasteiger partial charge in [-0.15, -0.1) is 0 Å². The van der Waals surface area contributed by atoms with Gasteiger partial charge in [0, 0.05) is 23.6 Å². The summed E-state index contributed by atoms with van der Waals surface area (Å²) in [6, 6.07) is 17.3. The summed E-state index contributed by atoms with van der Waals surface area (Å²) in [5.41, 5.74) is 4.64. The van der Waals surface area contributed by atoms with Gasteiger partial charge in [0.1, 0.15) is 17.4 Å². The van der Waals surface area contributed by atoms with Crippen LogP contribution in [0.3, 0.4) is 0 Å². The Bertz CT molecular complexity index is 1250. The van der Waals surface area contributed by atoms with E-state index in [1.807, 2.05) is 69.3 Å². The zero-order valence-corrected chi connectivity index (χ0v) is 18.8. The number of benzene rings is 2. The summed E-state index contributed by atoms with van der Waals surface area (Å²) in [5.74, 6) is 1.72. The van der Waals surface area contributed by atoms with Crippen molar-refractivity contribution in [3.05, 3.63) is 76.6 Å². The fraction of sp³-hybridized carbons (Fsp3) is 0.231. The van der Waals surface area contributed by atoms with Gasteiger partial charge >= 0.3 is 0 Å². The van der Waals surface area contributed by atoms with E-state index in [9.17, 15) is 10.1 Å². The van der Waals surface area contributed by atoms with Crippen molar-refractivity contribution >= 4 is 12.0 Å². The molecule has 0 saturated heterocycles. The minimum atomic E-state index is -0.430. The maximum absolute atomic E-state index is 12.7. The Labute approximate surface area is 192 Å². The number of rotatable bonds is 7. The molecule has 0 aliphatic carbocycles. The van der Waals surface area contributed by atoms with Gasteiger partial charge in [0.05, 0.1) is 6.61 Å². The highest BCUT2D eigenvalue weighted by Gasteiger charge is 2.16. The van der Waals surface area contributed by atoms with Gasteiger partial charge in [-0.3, -0.25) is 4.79 Å². The molecule has 0 atom stereocenters. The minimum Gasteiger partial charge on any atom is -0.494 e. The van der Waals surface area contributed by atoms with Crippen LogP contribution < -0.4 is 19.5 Å². The SMILES string of the molecule is CCOc1ccc(-n2c(C)cc(/C=C(\C#N)C(=O)NCc3ccc4c(c3)OCO4)c2C)cc1. The number of aryl methyl sites for hydroxylation is 1. The second-order valence-electron chi connectivity index (χ2n) is 7.63. The third-order valence-corrected chi connectivity index (χ3v) is 5.43. The fourth-order valence-electron chi connectivity index (χ4n) is 3.82. The van der Waals surface area contributed by atoms with Crippen molar-refractivity contribution in [1.29, 1.82) is 5.26 Å². The van der Waals surface area contributed by atoms with Crippen LogP contribution in [0.5, 0.6) is 17.2 Å². The van der Waals surface area contributed by atoms with Crippen molar-refractivity contribution in [3.63, 3.8) is 0 Å². The van der Waals surface area contributed by atoms with Crippen LogP contribution >= 0.6 is 0 Å². The molecule has 33 heavy (non-hydrogen) atoms. The van der Waals surface area contributed by atoms with E-state index in [1.165, 1.54) is 0 Å². The number of fused-ring (bicyclic) bond motifs is 1. The van der Waals surface area contributed by atoms with Crippen molar-refractivity contribution in [2.24, 2.45) is 0 Å². The van der Waals surface area contributed by atoms with E-state index < -0.39 is 5.91 Å². The number of carbonyl (C=O) groups excluding carboxylic acids is 1. The lowest BCUT2D eigenvalue weighted by Crippen LogP contribution is -2.23. The number of carbonyl (C=O) groups is 1. The topological polar surface area (TPSA) is 85.5 Å². The highest BCUT2D eigenvalue weighted by molar-refractivity contribution is 6.01. The normalized spacial score (nSPS) is 12.4. The van der Waals surface area contributed by atoms with Gasteiger partial charge in [-0.25, -0.2) is 0 Å². The first kappa shape index (κ1) is 22.0. The maximum atomic E-state index is 12.7. The van der Waals surface area contributed by atoms with Gasteiger partial charge in [0.2, 0.25) is 6.79 Å². The Morgan fingerprint density at radius 2 is 1.91 bits per heavy atom. The third kappa shape index (κ3) is 4.70. The summed E-state index contributed by atoms with van der Waals surface area (Å²) in [6.45, 7) is 7.00. The molecule has 1 aliphatic rings. The van der Waals surface area contributed by atoms with Crippen molar-refractivity contribution in [2.45, 2.75) is 27.3 Å². The van der Waals surface area contributed by atoms with Crippen LogP contribution in [0.2, 0.25) is 0 Å². The Morgan fingerprint density at radius 1 is 1.15 bits per heavy atom. The van der Waals surface area contributed by atoms with E-state index >= 15 is 0 Å². The third-order valence-electron chi connectivity index (χ3n) is 5.43. The Morgan fingerprint density at radius 3 is 2.64 bits per heavy atom. The van der Waals surface area contributed by atoms with Crippen molar-refractivity contribution in [3.8, 4) is 29.0 Å². The molecule has 2 aromatic carbocycles. The summed E-state index contributed by atoms with van der Waals surface area (Å²) in [6.07, 6.45) is 1.63. The molecule has 0 saturated carbocycles. The molecule has 4 rings (SSSR count). The van der Waals surface area contributed by atoms with Crippen LogP contribution in [0.25, 0.3) is 11.8 Å². The standard InChI is InChI=1S/C26H25N3O4/c1-4-31-23-8-6-22(7-9-23)29-17(2)11-20(18(29)3)13-21(14-27)26(30)28-15-19-5-10-24-25(12-19)33-16-32-24/h5-13H,4,15-16H2,1-3H3,(H,28,30)/b21-13+. The molecule has 0 bridgehead atoms. The number of aromatic nitrogens is 1. The molecule has 2 heterocycles. The average molecular weight is 444 g/mol. The smallest absolute Gasteiger partial charge is 0.262 e. The molecule has 1 aliphatic heterocycles. The Kier molecular flexibility index (Phi) is 6.36. The van der Waals surface area contributed by atoms with Gasteiger partial charge < -0.3 is 24.1 Å². The zero-order valence-electron chi connectivity index (χ0n) is 18.8. The first-order chi connectivity index (χ1) is 16.0. The van der Waals surface area contributed by atoms with Gasteiger partial charge in [-0.2, -0.15) is 5.26 Å². The molecule has 1 N–H and O–H groups in total. The minimum absolute atomic E-state index is 0.0442. The van der Waals surface area contributed by atoms with E-state index in [0.717, 1.165) is 34.0 Å². The highest BCUT2D eigenvalue weighted by Crippen LogP contribution is 2.32. The molecule has 0 unspecified atom stereocenters. The van der Waals surface area contributed by atoms with Crippen LogP contribution in [-0.2, 0) is 11.3 Å². The zero-order chi connectivity index (χ0) is 23.4. The van der Waals surface area contributed by atoms with Crippen LogP contribution in [0, 0.1) is 25.2 Å². The van der Waals surface area contributed by atoms with Gasteiger partial charge in [0.15, 0.2) is 11.5 Å². The van der Waals surface area contributed by atoms with E-state index in [4.69, 9.17) is 14.2 Å². The Balaban J connectivity index is 1.51. The molecular formula is C26H25N3O4. The molecule has 7 nitrogen and oxygen atoms in total. The van der Waals surface area contributed by atoms with Crippen molar-refractivity contribution in [1.82, 2.24) is 9.88 Å². The average Bonchev–Trinajstić information content (AvgIpc) is 3.40. The lowest BCUT2D eigenvalue weighted by Gasteiger charge is -2.11. The van der Waals surface area contributed by atoms with Crippen molar-refractivity contribution in [2.75, 3.05) is 13.4 Å². The Hall–Kier alpha value is -4.18. The molecule has 0 spiro atoms. The second-order valence-corrected chi connectivity index (χ2v) is 7.63. The number of amides is 1. The molecule has 3 aromatic rings. The molecule has 168 valence electrons. The first-order valence-electron chi connectivity index (χ1n) is 10.7. The second kappa shape index (κ2) is 9.53. The quantitative estimate of drug-likeness (QED) is 0.431. The van der Waals surface area contributed by atoms with Crippen LogP contribution in [0.4, 0.5) is 0 Å². The largest absolute Gasteiger partial charge is 0.494 e. The molecule has 1 amide bonds. The van der Waals surface area contributed by atoms with E-state index in [2.05, 4.69) is 9.88 Å². The van der Waals surface area contributed by atoms with Crippen LogP contribution in [0.15, 0.2) is 54.1 Å². The predicted octanol–water partition coefficient (Wildman–Crippen LogP) is 4.44. The number of hydrogen-bond donors (Lipinski definition) is 1. The lowest BCUT2D eigenvalue weighted by atomic mass is 10.1. The summed E-state index contributed by atoms with van der Waals surface area (Å²) in [4.78, 5) is 12.7. The van der Waals surface area contributed by atoms with Gasteiger partial charge in [-0.1, -0.05) is 6.07 Å². The van der Waals surface area contributed by atoms with E-state index in [0.29, 0.717) is 18.1 Å². The summed E-state index contributed by atoms with van der Waals surface area (Å²) in [5, 5.41) is 12.4. The van der Waals surface area contributed by atoms with Gasteiger partial charge in [0.25, 0.3) is 5.91 Å². The molecule has 7 heteroatoms. The number of hydrogen-bond acceptors (Lipinski definition) is 5. The summed E-state index contributed by atoms with van der Waals surface area (Å²) < 4.78 is 18.3. The maximum Gasteiger partial charge on any atom is 0.262 e. The molecule has 1 aromatic heterocycles. The van der Waals surface area contributed by atoms with Crippen LogP contribution in [-0.4, -0.2) is 23.9 Å². The monoisotopic (exact) mass is 443 g/mol. The first-order valence-corrected chi connectivity index (χ1v) is 10.7. The number of nitriles is 1. The van der Waals surface area contributed by atoms with Crippen molar-refractivity contribution < 1.29 is 19.0 Å². The summed E-state index contributed by atoms with van der Waals surface area (Å²) >= 11 is 0. The molecular weight excluding hydrogens is 418 g/mol. The highest BCUT2D eigenvalue weighted by atomic mass is 16.7. The van der Waals surface area contributed by atoms with E-state index in [1.54, 1.807) is 12.1 Å². The fourth-order valence-corrected chi connectivity index (χ4v) is 3.82.